The van der Waals surface area contributed by atoms with Crippen molar-refractivity contribution in [3.63, 3.8) is 0 Å². The zero-order valence-corrected chi connectivity index (χ0v) is 17.0. The number of aromatic nitrogens is 4. The Kier molecular flexibility index (Phi) is 5.70. The van der Waals surface area contributed by atoms with Crippen molar-refractivity contribution in [1.82, 2.24) is 25.9 Å². The lowest BCUT2D eigenvalue weighted by Gasteiger charge is -2.40. The fourth-order valence-electron chi connectivity index (χ4n) is 3.44. The lowest BCUT2D eigenvalue weighted by molar-refractivity contribution is -0.182. The molecular weight excluding hydrogens is 445 g/mol. The number of allylic oxidation sites excluding steroid dienone is 2. The summed E-state index contributed by atoms with van der Waals surface area (Å²) in [6, 6.07) is 13.8. The molecule has 0 bridgehead atoms. The highest BCUT2D eigenvalue weighted by Crippen LogP contribution is 2.46. The summed E-state index contributed by atoms with van der Waals surface area (Å²) in [6.45, 7) is 0. The maximum absolute atomic E-state index is 14.5. The predicted molar refractivity (Wildman–Crippen MR) is 113 cm³/mol. The standard InChI is InChI=1S/C21H16ClF3N6O/c22-15-6-8-16(9-7-15)26-19(32)27-20(21(23,24)25)11-10-14(13-4-2-1-3-5-13)12-17(20)18-28-30-31-29-18/h1-12,17H,(H2,26,27,32)(H,28,29,30,31). The molecule has 1 aliphatic rings. The third-order valence-electron chi connectivity index (χ3n) is 5.00. The van der Waals surface area contributed by atoms with Gasteiger partial charge in [0.1, 0.15) is 0 Å². The van der Waals surface area contributed by atoms with Crippen molar-refractivity contribution in [2.24, 2.45) is 0 Å². The van der Waals surface area contributed by atoms with Gasteiger partial charge in [0, 0.05) is 10.7 Å². The number of halogens is 4. The van der Waals surface area contributed by atoms with Crippen LogP contribution in [0.5, 0.6) is 0 Å². The van der Waals surface area contributed by atoms with Crippen LogP contribution in [0.2, 0.25) is 5.02 Å². The minimum atomic E-state index is -4.88. The first-order valence-corrected chi connectivity index (χ1v) is 9.77. The molecule has 2 aromatic carbocycles. The molecule has 0 spiro atoms. The second-order valence-electron chi connectivity index (χ2n) is 7.02. The van der Waals surface area contributed by atoms with Gasteiger partial charge in [-0.3, -0.25) is 0 Å². The van der Waals surface area contributed by atoms with Crippen molar-refractivity contribution >= 4 is 28.9 Å². The minimum Gasteiger partial charge on any atom is -0.319 e. The number of anilines is 1. The molecule has 7 nitrogen and oxygen atoms in total. The lowest BCUT2D eigenvalue weighted by atomic mass is 9.76. The number of rotatable bonds is 4. The number of tetrazole rings is 1. The van der Waals surface area contributed by atoms with Crippen molar-refractivity contribution in [3.8, 4) is 0 Å². The molecule has 164 valence electrons. The summed E-state index contributed by atoms with van der Waals surface area (Å²) in [7, 11) is 0. The Hall–Kier alpha value is -3.66. The highest BCUT2D eigenvalue weighted by atomic mass is 35.5. The molecule has 32 heavy (non-hydrogen) atoms. The summed E-state index contributed by atoms with van der Waals surface area (Å²) in [4.78, 5) is 12.6. The predicted octanol–water partition coefficient (Wildman–Crippen LogP) is 4.71. The highest BCUT2D eigenvalue weighted by Gasteiger charge is 2.61. The average Bonchev–Trinajstić information content (AvgIpc) is 3.30. The molecule has 3 N–H and O–H groups in total. The summed E-state index contributed by atoms with van der Waals surface area (Å²) < 4.78 is 43.5. The van der Waals surface area contributed by atoms with Gasteiger partial charge in [0.05, 0.1) is 5.92 Å². The van der Waals surface area contributed by atoms with E-state index < -0.39 is 23.7 Å². The number of amides is 2. The quantitative estimate of drug-likeness (QED) is 0.525. The van der Waals surface area contributed by atoms with Gasteiger partial charge in [-0.15, -0.1) is 10.2 Å². The molecule has 0 radical (unpaired) electrons. The molecular formula is C21H16ClF3N6O. The number of benzene rings is 2. The lowest BCUT2D eigenvalue weighted by Crippen LogP contribution is -2.62. The SMILES string of the molecule is O=C(Nc1ccc(Cl)cc1)NC1(C(F)(F)F)C=CC(c2ccccc2)=CC1c1nn[nH]n1. The Morgan fingerprint density at radius 2 is 1.81 bits per heavy atom. The van der Waals surface area contributed by atoms with Crippen LogP contribution in [-0.4, -0.2) is 38.4 Å². The Morgan fingerprint density at radius 3 is 2.44 bits per heavy atom. The summed E-state index contributed by atoms with van der Waals surface area (Å²) in [5.41, 5.74) is -1.30. The van der Waals surface area contributed by atoms with Crippen LogP contribution in [-0.2, 0) is 0 Å². The van der Waals surface area contributed by atoms with Crippen molar-refractivity contribution in [3.05, 3.63) is 89.2 Å². The van der Waals surface area contributed by atoms with Crippen LogP contribution >= 0.6 is 11.6 Å². The van der Waals surface area contributed by atoms with Crippen LogP contribution in [0.25, 0.3) is 5.57 Å². The van der Waals surface area contributed by atoms with Crippen LogP contribution in [0.1, 0.15) is 17.3 Å². The fraction of sp³-hybridized carbons (Fsp3) is 0.143. The van der Waals surface area contributed by atoms with Gasteiger partial charge in [-0.05, 0) is 41.5 Å². The van der Waals surface area contributed by atoms with Gasteiger partial charge in [-0.25, -0.2) is 4.79 Å². The molecule has 1 heterocycles. The normalized spacial score (nSPS) is 20.5. The Morgan fingerprint density at radius 1 is 1.09 bits per heavy atom. The number of hydrogen-bond donors (Lipinski definition) is 3. The Labute approximate surface area is 185 Å². The molecule has 4 rings (SSSR count). The molecule has 3 aromatic rings. The first-order chi connectivity index (χ1) is 15.3. The second-order valence-corrected chi connectivity index (χ2v) is 7.46. The van der Waals surface area contributed by atoms with Crippen LogP contribution < -0.4 is 10.6 Å². The van der Waals surface area contributed by atoms with E-state index in [9.17, 15) is 18.0 Å². The number of carbonyl (C=O) groups is 1. The number of alkyl halides is 3. The van der Waals surface area contributed by atoms with Crippen LogP contribution in [0.3, 0.4) is 0 Å². The molecule has 0 aliphatic heterocycles. The number of urea groups is 1. The first kappa shape index (κ1) is 21.6. The maximum Gasteiger partial charge on any atom is 0.416 e. The third kappa shape index (κ3) is 4.22. The zero-order chi connectivity index (χ0) is 22.8. The summed E-state index contributed by atoms with van der Waals surface area (Å²) >= 11 is 5.81. The summed E-state index contributed by atoms with van der Waals surface area (Å²) in [6.07, 6.45) is -1.28. The molecule has 11 heteroatoms. The molecule has 1 aromatic heterocycles. The van der Waals surface area contributed by atoms with Crippen LogP contribution in [0.15, 0.2) is 72.8 Å². The molecule has 2 unspecified atom stereocenters. The molecule has 0 saturated heterocycles. The maximum atomic E-state index is 14.5. The average molecular weight is 461 g/mol. The third-order valence-corrected chi connectivity index (χ3v) is 5.25. The number of nitrogens with one attached hydrogen (secondary N) is 3. The number of hydrogen-bond acceptors (Lipinski definition) is 4. The van der Waals surface area contributed by atoms with Gasteiger partial charge in [0.25, 0.3) is 0 Å². The summed E-state index contributed by atoms with van der Waals surface area (Å²) in [5, 5.41) is 18.0. The van der Waals surface area contributed by atoms with E-state index in [4.69, 9.17) is 11.6 Å². The highest BCUT2D eigenvalue weighted by molar-refractivity contribution is 6.30. The minimum absolute atomic E-state index is 0.216. The van der Waals surface area contributed by atoms with E-state index in [1.165, 1.54) is 36.4 Å². The van der Waals surface area contributed by atoms with Gasteiger partial charge < -0.3 is 10.6 Å². The van der Waals surface area contributed by atoms with Crippen molar-refractivity contribution in [2.45, 2.75) is 17.6 Å². The zero-order valence-electron chi connectivity index (χ0n) is 16.3. The van der Waals surface area contributed by atoms with Gasteiger partial charge in [-0.1, -0.05) is 59.3 Å². The number of H-pyrrole nitrogens is 1. The number of nitrogens with zero attached hydrogens (tertiary/aromatic N) is 3. The van der Waals surface area contributed by atoms with E-state index in [1.807, 2.05) is 0 Å². The summed E-state index contributed by atoms with van der Waals surface area (Å²) in [5.74, 6) is -1.69. The first-order valence-electron chi connectivity index (χ1n) is 9.40. The van der Waals surface area contributed by atoms with E-state index in [0.29, 0.717) is 16.2 Å². The van der Waals surface area contributed by atoms with Gasteiger partial charge in [0.2, 0.25) is 0 Å². The van der Waals surface area contributed by atoms with E-state index in [-0.39, 0.29) is 11.5 Å². The van der Waals surface area contributed by atoms with Crippen LogP contribution in [0.4, 0.5) is 23.7 Å². The van der Waals surface area contributed by atoms with E-state index >= 15 is 0 Å². The number of carbonyl (C=O) groups excluding carboxylic acids is 1. The van der Waals surface area contributed by atoms with Crippen molar-refractivity contribution in [1.29, 1.82) is 0 Å². The monoisotopic (exact) mass is 460 g/mol. The molecule has 2 amide bonds. The smallest absolute Gasteiger partial charge is 0.319 e. The van der Waals surface area contributed by atoms with Crippen LogP contribution in [0, 0.1) is 0 Å². The Balaban J connectivity index is 1.72. The van der Waals surface area contributed by atoms with E-state index in [1.54, 1.807) is 30.3 Å². The van der Waals surface area contributed by atoms with Gasteiger partial charge >= 0.3 is 12.2 Å². The number of aromatic amines is 1. The molecule has 0 fully saturated rings. The second kappa shape index (κ2) is 8.46. The van der Waals surface area contributed by atoms with Gasteiger partial charge in [-0.2, -0.15) is 18.4 Å². The molecule has 1 aliphatic carbocycles. The largest absolute Gasteiger partial charge is 0.416 e. The molecule has 0 saturated carbocycles. The Bertz CT molecular complexity index is 1150. The van der Waals surface area contributed by atoms with Crippen molar-refractivity contribution in [2.75, 3.05) is 5.32 Å². The topological polar surface area (TPSA) is 95.6 Å². The molecule has 2 atom stereocenters. The van der Waals surface area contributed by atoms with E-state index in [0.717, 1.165) is 6.08 Å². The van der Waals surface area contributed by atoms with E-state index in [2.05, 4.69) is 31.3 Å². The fourth-order valence-corrected chi connectivity index (χ4v) is 3.56. The van der Waals surface area contributed by atoms with Crippen molar-refractivity contribution < 1.29 is 18.0 Å². The van der Waals surface area contributed by atoms with Gasteiger partial charge in [0.15, 0.2) is 11.4 Å².